The molecule has 9 heteroatoms. The summed E-state index contributed by atoms with van der Waals surface area (Å²) in [6.07, 6.45) is 0. The number of imidazole rings is 1. The molecule has 2 aromatic heterocycles. The van der Waals surface area contributed by atoms with Gasteiger partial charge in [-0.15, -0.1) is 0 Å². The van der Waals surface area contributed by atoms with Gasteiger partial charge >= 0.3 is 11.4 Å². The molecule has 0 bridgehead atoms. The van der Waals surface area contributed by atoms with Crippen LogP contribution in [0.4, 0.5) is 0 Å². The molecule has 86 valence electrons. The Labute approximate surface area is 86.2 Å². The maximum Gasteiger partial charge on any atom is 0.327 e. The van der Waals surface area contributed by atoms with Crippen LogP contribution in [0, 0.1) is 0 Å². The fourth-order valence-electron chi connectivity index (χ4n) is 0.958. The van der Waals surface area contributed by atoms with Gasteiger partial charge in [-0.2, -0.15) is 0 Å². The molecule has 0 spiro atoms. The highest BCUT2D eigenvalue weighted by Crippen LogP contribution is 1.88. The maximum atomic E-state index is 10.9. The molecular formula is C7H8N4O5. The van der Waals surface area contributed by atoms with Gasteiger partial charge in [0.25, 0.3) is 11.5 Å². The van der Waals surface area contributed by atoms with E-state index in [-0.39, 0.29) is 11.2 Å². The summed E-state index contributed by atoms with van der Waals surface area (Å²) in [4.78, 5) is 50.0. The zero-order valence-corrected chi connectivity index (χ0v) is 8.08. The molecule has 0 fully saturated rings. The number of hydrogen-bond donors (Lipinski definition) is 5. The van der Waals surface area contributed by atoms with Crippen LogP contribution in [0.5, 0.6) is 0 Å². The zero-order chi connectivity index (χ0) is 12.3. The molecule has 0 amide bonds. The maximum absolute atomic E-state index is 10.9. The van der Waals surface area contributed by atoms with Crippen molar-refractivity contribution in [1.82, 2.24) is 19.9 Å². The SMILES string of the molecule is CC(=O)O.O=c1[nH]c(=O)c2[nH]c(=O)[nH]c2[nH]1. The Balaban J connectivity index is 0.000000280. The highest BCUT2D eigenvalue weighted by atomic mass is 16.4. The number of fused-ring (bicyclic) bond motifs is 1. The average molecular weight is 228 g/mol. The minimum Gasteiger partial charge on any atom is -0.481 e. The third-order valence-electron chi connectivity index (χ3n) is 1.42. The smallest absolute Gasteiger partial charge is 0.327 e. The van der Waals surface area contributed by atoms with Crippen molar-refractivity contribution in [2.24, 2.45) is 0 Å². The minimum atomic E-state index is -0.833. The Kier molecular flexibility index (Phi) is 3.09. The number of carboxylic acids is 1. The summed E-state index contributed by atoms with van der Waals surface area (Å²) in [6.45, 7) is 1.08. The van der Waals surface area contributed by atoms with Crippen LogP contribution < -0.4 is 16.9 Å². The second kappa shape index (κ2) is 4.29. The van der Waals surface area contributed by atoms with E-state index < -0.39 is 22.9 Å². The van der Waals surface area contributed by atoms with E-state index in [1.807, 2.05) is 4.98 Å². The van der Waals surface area contributed by atoms with Gasteiger partial charge in [-0.05, 0) is 0 Å². The summed E-state index contributed by atoms with van der Waals surface area (Å²) < 4.78 is 0. The molecular weight excluding hydrogens is 220 g/mol. The molecule has 0 saturated carbocycles. The van der Waals surface area contributed by atoms with E-state index in [4.69, 9.17) is 9.90 Å². The molecule has 16 heavy (non-hydrogen) atoms. The number of aromatic nitrogens is 4. The van der Waals surface area contributed by atoms with Gasteiger partial charge in [0.15, 0.2) is 0 Å². The number of carboxylic acid groups (broad SMARTS) is 1. The van der Waals surface area contributed by atoms with Gasteiger partial charge in [-0.25, -0.2) is 9.59 Å². The first-order valence-corrected chi connectivity index (χ1v) is 4.04. The lowest BCUT2D eigenvalue weighted by atomic mass is 10.5. The van der Waals surface area contributed by atoms with E-state index >= 15 is 0 Å². The largest absolute Gasteiger partial charge is 0.481 e. The lowest BCUT2D eigenvalue weighted by Gasteiger charge is -1.83. The second-order valence-electron chi connectivity index (χ2n) is 2.76. The number of H-pyrrole nitrogens is 4. The van der Waals surface area contributed by atoms with Gasteiger partial charge in [-0.3, -0.25) is 29.5 Å². The predicted molar refractivity (Wildman–Crippen MR) is 53.5 cm³/mol. The van der Waals surface area contributed by atoms with Crippen LogP contribution in [0.15, 0.2) is 14.4 Å². The van der Waals surface area contributed by atoms with Crippen LogP contribution in [0.3, 0.4) is 0 Å². The molecule has 2 aromatic rings. The summed E-state index contributed by atoms with van der Waals surface area (Å²) in [5, 5.41) is 7.42. The molecule has 0 aliphatic rings. The Morgan fingerprint density at radius 1 is 1.00 bits per heavy atom. The van der Waals surface area contributed by atoms with Crippen LogP contribution in [0.1, 0.15) is 6.92 Å². The lowest BCUT2D eigenvalue weighted by Crippen LogP contribution is -2.21. The van der Waals surface area contributed by atoms with Crippen LogP contribution in [0.25, 0.3) is 11.2 Å². The first-order chi connectivity index (χ1) is 7.40. The van der Waals surface area contributed by atoms with E-state index in [9.17, 15) is 14.4 Å². The number of aliphatic carboxylic acids is 1. The minimum absolute atomic E-state index is 0.0413. The standard InChI is InChI=1S/C5H4N4O3.C2H4O2/c10-3-1-2(7-4(11)6-1)8-5(12)9-3;1-2(3)4/h(H4,6,7,8,9,10,11,12);1H3,(H,3,4). The highest BCUT2D eigenvalue weighted by molar-refractivity contribution is 5.67. The third-order valence-corrected chi connectivity index (χ3v) is 1.42. The van der Waals surface area contributed by atoms with Crippen molar-refractivity contribution in [3.05, 3.63) is 31.3 Å². The normalized spacial score (nSPS) is 9.56. The number of carbonyl (C=O) groups is 1. The average Bonchev–Trinajstić information content (AvgIpc) is 2.44. The molecule has 5 N–H and O–H groups in total. The molecule has 0 saturated heterocycles. The van der Waals surface area contributed by atoms with Gasteiger partial charge in [0, 0.05) is 6.92 Å². The van der Waals surface area contributed by atoms with E-state index in [0.717, 1.165) is 6.92 Å². The van der Waals surface area contributed by atoms with Crippen molar-refractivity contribution < 1.29 is 9.90 Å². The van der Waals surface area contributed by atoms with Gasteiger partial charge in [-0.1, -0.05) is 0 Å². The molecule has 0 atom stereocenters. The fraction of sp³-hybridized carbons (Fsp3) is 0.143. The van der Waals surface area contributed by atoms with Crippen molar-refractivity contribution in [2.75, 3.05) is 0 Å². The van der Waals surface area contributed by atoms with Gasteiger partial charge in [0.05, 0.1) is 0 Å². The molecule has 0 aromatic carbocycles. The van der Waals surface area contributed by atoms with Crippen LogP contribution in [-0.2, 0) is 4.79 Å². The highest BCUT2D eigenvalue weighted by Gasteiger charge is 2.02. The monoisotopic (exact) mass is 228 g/mol. The number of nitrogens with one attached hydrogen (secondary N) is 4. The number of aromatic amines is 4. The third kappa shape index (κ3) is 2.70. The van der Waals surface area contributed by atoms with E-state index in [2.05, 4.69) is 15.0 Å². The van der Waals surface area contributed by atoms with Crippen LogP contribution in [0.2, 0.25) is 0 Å². The Morgan fingerprint density at radius 2 is 1.44 bits per heavy atom. The lowest BCUT2D eigenvalue weighted by molar-refractivity contribution is -0.134. The molecule has 2 heterocycles. The number of rotatable bonds is 0. The molecule has 2 rings (SSSR count). The molecule has 0 unspecified atom stereocenters. The van der Waals surface area contributed by atoms with E-state index in [1.165, 1.54) is 0 Å². The zero-order valence-electron chi connectivity index (χ0n) is 8.08. The van der Waals surface area contributed by atoms with Crippen molar-refractivity contribution in [3.63, 3.8) is 0 Å². The van der Waals surface area contributed by atoms with Crippen LogP contribution >= 0.6 is 0 Å². The molecule has 0 aliphatic carbocycles. The van der Waals surface area contributed by atoms with E-state index in [0.29, 0.717) is 0 Å². The molecule has 0 aliphatic heterocycles. The number of hydrogen-bond acceptors (Lipinski definition) is 4. The Bertz CT molecular complexity index is 668. The first-order valence-electron chi connectivity index (χ1n) is 4.04. The Hall–Kier alpha value is -2.58. The summed E-state index contributed by atoms with van der Waals surface area (Å²) in [5.74, 6) is -0.833. The fourth-order valence-corrected chi connectivity index (χ4v) is 0.958. The summed E-state index contributed by atoms with van der Waals surface area (Å²) in [7, 11) is 0. The summed E-state index contributed by atoms with van der Waals surface area (Å²) >= 11 is 0. The Morgan fingerprint density at radius 3 is 1.94 bits per heavy atom. The van der Waals surface area contributed by atoms with Crippen molar-refractivity contribution >= 4 is 17.1 Å². The quantitative estimate of drug-likeness (QED) is 0.364. The van der Waals surface area contributed by atoms with Crippen molar-refractivity contribution in [3.8, 4) is 0 Å². The van der Waals surface area contributed by atoms with Crippen LogP contribution in [-0.4, -0.2) is 31.0 Å². The second-order valence-corrected chi connectivity index (χ2v) is 2.76. The first kappa shape index (κ1) is 11.5. The van der Waals surface area contributed by atoms with Crippen molar-refractivity contribution in [2.45, 2.75) is 6.92 Å². The van der Waals surface area contributed by atoms with Crippen molar-refractivity contribution in [1.29, 1.82) is 0 Å². The summed E-state index contributed by atoms with van der Waals surface area (Å²) in [5.41, 5.74) is -1.65. The predicted octanol–water partition coefficient (Wildman–Crippen LogP) is -1.68. The van der Waals surface area contributed by atoms with Gasteiger partial charge in [0.1, 0.15) is 11.2 Å². The van der Waals surface area contributed by atoms with Gasteiger partial charge < -0.3 is 5.11 Å². The topological polar surface area (TPSA) is 152 Å². The van der Waals surface area contributed by atoms with Gasteiger partial charge in [0.2, 0.25) is 0 Å². The molecule has 9 nitrogen and oxygen atoms in total. The summed E-state index contributed by atoms with van der Waals surface area (Å²) in [6, 6.07) is 0. The molecule has 0 radical (unpaired) electrons. The van der Waals surface area contributed by atoms with E-state index in [1.54, 1.807) is 0 Å².